The largest absolute Gasteiger partial charge is 0.227 e. The average molecular weight is 236 g/mol. The molecule has 18 heavy (non-hydrogen) atoms. The van der Waals surface area contributed by atoms with Crippen molar-refractivity contribution in [3.05, 3.63) is 59.1 Å². The van der Waals surface area contributed by atoms with Gasteiger partial charge in [-0.05, 0) is 22.8 Å². The molecule has 0 saturated carbocycles. The highest BCUT2D eigenvalue weighted by Crippen LogP contribution is 2.19. The molecule has 0 aliphatic carbocycles. The Morgan fingerprint density at radius 1 is 1.11 bits per heavy atom. The molecule has 0 bridgehead atoms. The van der Waals surface area contributed by atoms with Crippen LogP contribution in [0.3, 0.4) is 0 Å². The second-order valence-corrected chi connectivity index (χ2v) is 3.68. The van der Waals surface area contributed by atoms with Crippen LogP contribution in [0, 0.1) is 0 Å². The van der Waals surface area contributed by atoms with Crippen molar-refractivity contribution in [2.75, 3.05) is 0 Å². The maximum atomic E-state index is 8.37. The third-order valence-corrected chi connectivity index (χ3v) is 2.52. The molecule has 0 unspecified atom stereocenters. The minimum Gasteiger partial charge on any atom is -0.227 e. The Kier molecular flexibility index (Phi) is 2.40. The highest BCUT2D eigenvalue weighted by atomic mass is 15.3. The van der Waals surface area contributed by atoms with Gasteiger partial charge in [0.1, 0.15) is 5.82 Å². The van der Waals surface area contributed by atoms with E-state index in [2.05, 4.69) is 20.1 Å². The van der Waals surface area contributed by atoms with Gasteiger partial charge in [0.25, 0.3) is 0 Å². The highest BCUT2D eigenvalue weighted by Gasteiger charge is 2.04. The fourth-order valence-electron chi connectivity index (χ4n) is 1.72. The van der Waals surface area contributed by atoms with Crippen LogP contribution in [-0.4, -0.2) is 14.6 Å². The molecule has 0 aliphatic heterocycles. The molecule has 3 rings (SSSR count). The first kappa shape index (κ1) is 10.3. The van der Waals surface area contributed by atoms with E-state index >= 15 is 0 Å². The molecule has 0 saturated heterocycles. The molecule has 1 aromatic carbocycles. The van der Waals surface area contributed by atoms with Gasteiger partial charge in [-0.2, -0.15) is 5.10 Å². The van der Waals surface area contributed by atoms with Crippen LogP contribution in [0.4, 0.5) is 5.82 Å². The van der Waals surface area contributed by atoms with Gasteiger partial charge in [0, 0.05) is 10.5 Å². The Bertz CT molecular complexity index is 740. The fraction of sp³-hybridized carbons (Fsp3) is 0. The molecule has 0 amide bonds. The monoisotopic (exact) mass is 236 g/mol. The van der Waals surface area contributed by atoms with Crippen LogP contribution in [0.5, 0.6) is 0 Å². The third kappa shape index (κ3) is 1.77. The summed E-state index contributed by atoms with van der Waals surface area (Å²) in [6.07, 6.45) is 1.81. The van der Waals surface area contributed by atoms with E-state index in [4.69, 9.17) is 5.53 Å². The van der Waals surface area contributed by atoms with Crippen LogP contribution in [0.15, 0.2) is 53.8 Å². The van der Waals surface area contributed by atoms with Crippen molar-refractivity contribution in [3.8, 4) is 11.3 Å². The second kappa shape index (κ2) is 4.20. The van der Waals surface area contributed by atoms with Crippen molar-refractivity contribution < 1.29 is 0 Å². The topological polar surface area (TPSA) is 79.0 Å². The van der Waals surface area contributed by atoms with Crippen molar-refractivity contribution in [2.45, 2.75) is 0 Å². The maximum absolute atomic E-state index is 8.37. The minimum absolute atomic E-state index is 0.321. The van der Waals surface area contributed by atoms with Crippen LogP contribution in [0.25, 0.3) is 27.3 Å². The van der Waals surface area contributed by atoms with Crippen molar-refractivity contribution in [3.63, 3.8) is 0 Å². The van der Waals surface area contributed by atoms with E-state index in [1.807, 2.05) is 30.3 Å². The zero-order valence-corrected chi connectivity index (χ0v) is 9.30. The first-order valence-electron chi connectivity index (χ1n) is 5.34. The summed E-state index contributed by atoms with van der Waals surface area (Å²) in [5.41, 5.74) is 10.9. The van der Waals surface area contributed by atoms with E-state index in [0.717, 1.165) is 11.3 Å². The van der Waals surface area contributed by atoms with E-state index in [1.165, 1.54) is 0 Å². The molecule has 0 aliphatic rings. The van der Waals surface area contributed by atoms with Gasteiger partial charge in [0.15, 0.2) is 5.65 Å². The summed E-state index contributed by atoms with van der Waals surface area (Å²) in [6.45, 7) is 0. The maximum Gasteiger partial charge on any atom is 0.154 e. The molecule has 3 aromatic rings. The fourth-order valence-corrected chi connectivity index (χ4v) is 1.72. The zero-order chi connectivity index (χ0) is 12.4. The summed E-state index contributed by atoms with van der Waals surface area (Å²) in [5, 5.41) is 7.60. The van der Waals surface area contributed by atoms with Crippen molar-refractivity contribution >= 4 is 11.5 Å². The Morgan fingerprint density at radius 3 is 2.72 bits per heavy atom. The molecule has 0 fully saturated rings. The smallest absolute Gasteiger partial charge is 0.154 e. The number of hydrogen-bond acceptors (Lipinski definition) is 3. The lowest BCUT2D eigenvalue weighted by Crippen LogP contribution is -1.87. The van der Waals surface area contributed by atoms with Gasteiger partial charge in [-0.25, -0.2) is 9.50 Å². The molecular weight excluding hydrogens is 228 g/mol. The predicted octanol–water partition coefficient (Wildman–Crippen LogP) is 3.34. The van der Waals surface area contributed by atoms with Crippen LogP contribution >= 0.6 is 0 Å². The van der Waals surface area contributed by atoms with Crippen LogP contribution in [0.2, 0.25) is 0 Å². The summed E-state index contributed by atoms with van der Waals surface area (Å²) in [6, 6.07) is 13.2. The lowest BCUT2D eigenvalue weighted by Gasteiger charge is -1.92. The lowest BCUT2D eigenvalue weighted by atomic mass is 10.2. The summed E-state index contributed by atoms with van der Waals surface area (Å²) in [7, 11) is 0. The van der Waals surface area contributed by atoms with Gasteiger partial charge in [-0.3, -0.25) is 0 Å². The van der Waals surface area contributed by atoms with Crippen LogP contribution in [0.1, 0.15) is 0 Å². The predicted molar refractivity (Wildman–Crippen MR) is 67.2 cm³/mol. The highest BCUT2D eigenvalue weighted by molar-refractivity contribution is 5.62. The number of aromatic nitrogens is 3. The number of nitrogens with zero attached hydrogens (tertiary/aromatic N) is 6. The van der Waals surface area contributed by atoms with Gasteiger partial charge in [0.2, 0.25) is 0 Å². The first-order chi connectivity index (χ1) is 8.86. The lowest BCUT2D eigenvalue weighted by molar-refractivity contribution is 0.932. The summed E-state index contributed by atoms with van der Waals surface area (Å²) >= 11 is 0. The molecule has 2 heterocycles. The van der Waals surface area contributed by atoms with Gasteiger partial charge in [0.05, 0.1) is 11.9 Å². The van der Waals surface area contributed by atoms with Crippen LogP contribution in [-0.2, 0) is 0 Å². The SMILES string of the molecule is [N-]=[N+]=Nc1ccc2nc(-c3ccccc3)cn2n1. The summed E-state index contributed by atoms with van der Waals surface area (Å²) < 4.78 is 1.60. The summed E-state index contributed by atoms with van der Waals surface area (Å²) in [4.78, 5) is 7.16. The van der Waals surface area contributed by atoms with E-state index in [-0.39, 0.29) is 0 Å². The molecule has 0 N–H and O–H groups in total. The average Bonchev–Trinajstić information content (AvgIpc) is 2.83. The number of fused-ring (bicyclic) bond motifs is 1. The van der Waals surface area contributed by atoms with Gasteiger partial charge in [-0.1, -0.05) is 30.3 Å². The molecular formula is C12H8N6. The number of hydrogen-bond donors (Lipinski definition) is 0. The Balaban J connectivity index is 2.14. The number of azide groups is 1. The second-order valence-electron chi connectivity index (χ2n) is 3.68. The first-order valence-corrected chi connectivity index (χ1v) is 5.34. The molecule has 86 valence electrons. The Hall–Kier alpha value is -2.85. The van der Waals surface area contributed by atoms with E-state index in [0.29, 0.717) is 11.5 Å². The molecule has 0 radical (unpaired) electrons. The Labute approximate surface area is 102 Å². The van der Waals surface area contributed by atoms with Crippen molar-refractivity contribution in [2.24, 2.45) is 5.11 Å². The van der Waals surface area contributed by atoms with Crippen molar-refractivity contribution in [1.82, 2.24) is 14.6 Å². The van der Waals surface area contributed by atoms with Crippen molar-refractivity contribution in [1.29, 1.82) is 0 Å². The minimum atomic E-state index is 0.321. The normalized spacial score (nSPS) is 10.2. The molecule has 2 aromatic heterocycles. The standard InChI is InChI=1S/C12H8N6/c13-17-15-11-6-7-12-14-10(8-18(12)16-11)9-4-2-1-3-5-9/h1-8H. The van der Waals surface area contributed by atoms with E-state index in [1.54, 1.807) is 22.8 Å². The quantitative estimate of drug-likeness (QED) is 0.388. The number of imidazole rings is 1. The van der Waals surface area contributed by atoms with Gasteiger partial charge < -0.3 is 0 Å². The van der Waals surface area contributed by atoms with E-state index in [9.17, 15) is 0 Å². The number of benzene rings is 1. The summed E-state index contributed by atoms with van der Waals surface area (Å²) in [5.74, 6) is 0.321. The number of rotatable bonds is 2. The zero-order valence-electron chi connectivity index (χ0n) is 9.30. The third-order valence-electron chi connectivity index (χ3n) is 2.52. The molecule has 0 spiro atoms. The van der Waals surface area contributed by atoms with E-state index < -0.39 is 0 Å². The molecule has 6 heteroatoms. The van der Waals surface area contributed by atoms with Gasteiger partial charge in [-0.15, -0.1) is 0 Å². The Morgan fingerprint density at radius 2 is 1.94 bits per heavy atom. The van der Waals surface area contributed by atoms with Gasteiger partial charge >= 0.3 is 0 Å². The van der Waals surface area contributed by atoms with Crippen LogP contribution < -0.4 is 0 Å². The molecule has 6 nitrogen and oxygen atoms in total. The molecule has 0 atom stereocenters.